The number of aliphatic hydroxyl groups is 1. The van der Waals surface area contributed by atoms with Gasteiger partial charge in [0.2, 0.25) is 0 Å². The monoisotopic (exact) mass is 290 g/mol. The molecule has 0 bridgehead atoms. The minimum atomic E-state index is -0.695. The van der Waals surface area contributed by atoms with Crippen molar-refractivity contribution in [2.24, 2.45) is 0 Å². The third-order valence-electron chi connectivity index (χ3n) is 1.81. The molecule has 0 heterocycles. The number of aliphatic hydroxyl groups excluding tert-OH is 1. The molecule has 0 radical (unpaired) electrons. The van der Waals surface area contributed by atoms with Gasteiger partial charge in [0.05, 0.1) is 10.0 Å². The molecule has 0 aliphatic carbocycles. The Bertz CT molecular complexity index is 284. The molecule has 2 nitrogen and oxygen atoms in total. The van der Waals surface area contributed by atoms with Crippen LogP contribution in [0.1, 0.15) is 18.6 Å². The molecule has 1 aromatic carbocycles. The van der Waals surface area contributed by atoms with Crippen LogP contribution in [0.15, 0.2) is 30.3 Å². The topological polar surface area (TPSA) is 37.3 Å². The van der Waals surface area contributed by atoms with Crippen molar-refractivity contribution in [3.05, 3.63) is 35.9 Å². The number of carbonyl (C=O) groups excluding carboxylic acids is 1. The molecule has 0 unspecified atom stereocenters. The maximum absolute atomic E-state index is 11.0. The van der Waals surface area contributed by atoms with Crippen LogP contribution < -0.4 is 0 Å². The summed E-state index contributed by atoms with van der Waals surface area (Å²) in [6.45, 7) is 1.49. The molecule has 0 fully saturated rings. The first-order valence-corrected chi connectivity index (χ1v) is 5.25. The largest absolute Gasteiger partial charge is 0.387 e. The van der Waals surface area contributed by atoms with E-state index in [9.17, 15) is 9.90 Å². The third kappa shape index (κ3) is 2.77. The summed E-state index contributed by atoms with van der Waals surface area (Å²) in [7, 11) is 0. The minimum absolute atomic E-state index is 0.00282. The maximum atomic E-state index is 11.0. The first-order valence-electron chi connectivity index (χ1n) is 4.00. The lowest BCUT2D eigenvalue weighted by Gasteiger charge is -2.14. The summed E-state index contributed by atoms with van der Waals surface area (Å²) in [5, 5.41) is 9.73. The Morgan fingerprint density at radius 1 is 1.38 bits per heavy atom. The third-order valence-corrected chi connectivity index (χ3v) is 3.36. The lowest BCUT2D eigenvalue weighted by atomic mass is 10.1. The van der Waals surface area contributed by atoms with Crippen LogP contribution in [0.4, 0.5) is 0 Å². The van der Waals surface area contributed by atoms with Crippen LogP contribution in [0.3, 0.4) is 0 Å². The number of Topliss-reactive ketones (excluding diaryl/α,β-unsaturated/α-hetero) is 1. The number of hydrogen-bond donors (Lipinski definition) is 1. The van der Waals surface area contributed by atoms with E-state index in [4.69, 9.17) is 0 Å². The van der Waals surface area contributed by atoms with E-state index in [1.54, 1.807) is 0 Å². The molecule has 1 N–H and O–H groups in total. The predicted molar refractivity (Wildman–Crippen MR) is 59.9 cm³/mol. The van der Waals surface area contributed by atoms with Gasteiger partial charge in [0, 0.05) is 0 Å². The quantitative estimate of drug-likeness (QED) is 0.684. The van der Waals surface area contributed by atoms with Gasteiger partial charge in [0.25, 0.3) is 0 Å². The first kappa shape index (κ1) is 10.7. The van der Waals surface area contributed by atoms with Crippen LogP contribution >= 0.6 is 22.6 Å². The number of benzene rings is 1. The van der Waals surface area contributed by atoms with Crippen LogP contribution in [0.2, 0.25) is 0 Å². The van der Waals surface area contributed by atoms with Gasteiger partial charge in [-0.15, -0.1) is 0 Å². The van der Waals surface area contributed by atoms with Gasteiger partial charge in [-0.25, -0.2) is 0 Å². The van der Waals surface area contributed by atoms with Crippen LogP contribution in [0.25, 0.3) is 0 Å². The normalized spacial score (nSPS) is 15.0. The number of rotatable bonds is 3. The molecule has 0 saturated heterocycles. The van der Waals surface area contributed by atoms with Crippen molar-refractivity contribution in [3.63, 3.8) is 0 Å². The Labute approximate surface area is 91.1 Å². The fraction of sp³-hybridized carbons (Fsp3) is 0.300. The predicted octanol–water partition coefficient (Wildman–Crippen LogP) is 2.11. The van der Waals surface area contributed by atoms with Gasteiger partial charge in [-0.2, -0.15) is 0 Å². The van der Waals surface area contributed by atoms with Gasteiger partial charge in [0.15, 0.2) is 0 Å². The average molecular weight is 290 g/mol. The summed E-state index contributed by atoms with van der Waals surface area (Å²) >= 11 is 1.96. The smallest absolute Gasteiger partial charge is 0.145 e. The Kier molecular flexibility index (Phi) is 3.87. The van der Waals surface area contributed by atoms with Gasteiger partial charge < -0.3 is 5.11 Å². The van der Waals surface area contributed by atoms with Gasteiger partial charge in [-0.3, -0.25) is 4.79 Å². The van der Waals surface area contributed by atoms with E-state index in [2.05, 4.69) is 0 Å². The second-order valence-corrected chi connectivity index (χ2v) is 4.21. The van der Waals surface area contributed by atoms with Gasteiger partial charge in [0.1, 0.15) is 5.78 Å². The first-order chi connectivity index (χ1) is 6.13. The summed E-state index contributed by atoms with van der Waals surface area (Å²) in [4.78, 5) is 11.0. The highest BCUT2D eigenvalue weighted by atomic mass is 127. The van der Waals surface area contributed by atoms with Crippen molar-refractivity contribution in [2.75, 3.05) is 0 Å². The summed E-state index contributed by atoms with van der Waals surface area (Å²) in [6, 6.07) is 9.22. The van der Waals surface area contributed by atoms with E-state index in [1.807, 2.05) is 52.9 Å². The molecule has 70 valence electrons. The molecule has 2 atom stereocenters. The minimum Gasteiger partial charge on any atom is -0.387 e. The van der Waals surface area contributed by atoms with Crippen molar-refractivity contribution in [2.45, 2.75) is 17.0 Å². The molecule has 1 aromatic rings. The highest BCUT2D eigenvalue weighted by Crippen LogP contribution is 2.22. The second kappa shape index (κ2) is 4.72. The van der Waals surface area contributed by atoms with E-state index >= 15 is 0 Å². The molecular weight excluding hydrogens is 279 g/mol. The van der Waals surface area contributed by atoms with E-state index < -0.39 is 6.10 Å². The number of alkyl halides is 1. The van der Waals surface area contributed by atoms with Crippen molar-refractivity contribution in [1.29, 1.82) is 0 Å². The number of halogens is 1. The number of hydrogen-bond acceptors (Lipinski definition) is 2. The Morgan fingerprint density at radius 2 is 1.92 bits per heavy atom. The molecular formula is C10H11IO2. The summed E-state index contributed by atoms with van der Waals surface area (Å²) in [5.74, 6) is -0.00282. The zero-order valence-electron chi connectivity index (χ0n) is 7.27. The average Bonchev–Trinajstić information content (AvgIpc) is 2.17. The Balaban J connectivity index is 2.79. The highest BCUT2D eigenvalue weighted by molar-refractivity contribution is 14.1. The van der Waals surface area contributed by atoms with Crippen molar-refractivity contribution in [3.8, 4) is 0 Å². The van der Waals surface area contributed by atoms with Crippen LogP contribution in [-0.4, -0.2) is 14.8 Å². The molecule has 0 amide bonds. The SMILES string of the molecule is CC(=O)[C@@H](I)[C@@H](O)c1ccccc1. The van der Waals surface area contributed by atoms with Crippen molar-refractivity contribution < 1.29 is 9.90 Å². The Hall–Kier alpha value is -0.420. The lowest BCUT2D eigenvalue weighted by molar-refractivity contribution is -0.117. The lowest BCUT2D eigenvalue weighted by Crippen LogP contribution is -2.19. The maximum Gasteiger partial charge on any atom is 0.145 e. The van der Waals surface area contributed by atoms with Crippen LogP contribution in [-0.2, 0) is 4.79 Å². The zero-order chi connectivity index (χ0) is 9.84. The van der Waals surface area contributed by atoms with E-state index in [0.29, 0.717) is 0 Å². The molecule has 0 saturated carbocycles. The van der Waals surface area contributed by atoms with E-state index in [1.165, 1.54) is 6.92 Å². The molecule has 3 heteroatoms. The molecule has 0 aliphatic heterocycles. The van der Waals surface area contributed by atoms with Gasteiger partial charge in [-0.1, -0.05) is 52.9 Å². The Morgan fingerprint density at radius 3 is 2.38 bits per heavy atom. The second-order valence-electron chi connectivity index (χ2n) is 2.87. The van der Waals surface area contributed by atoms with E-state index in [0.717, 1.165) is 5.56 Å². The van der Waals surface area contributed by atoms with Gasteiger partial charge >= 0.3 is 0 Å². The van der Waals surface area contributed by atoms with Gasteiger partial charge in [-0.05, 0) is 12.5 Å². The zero-order valence-corrected chi connectivity index (χ0v) is 9.43. The standard InChI is InChI=1S/C10H11IO2/c1-7(12)9(11)10(13)8-5-3-2-4-6-8/h2-6,9-10,13H,1H3/t9-,10+/m1/s1. The fourth-order valence-corrected chi connectivity index (χ4v) is 1.46. The van der Waals surface area contributed by atoms with Crippen molar-refractivity contribution >= 4 is 28.4 Å². The molecule has 0 spiro atoms. The number of ketones is 1. The van der Waals surface area contributed by atoms with Crippen LogP contribution in [0, 0.1) is 0 Å². The molecule has 0 aliphatic rings. The fourth-order valence-electron chi connectivity index (χ4n) is 1.04. The highest BCUT2D eigenvalue weighted by Gasteiger charge is 2.21. The molecule has 0 aromatic heterocycles. The van der Waals surface area contributed by atoms with Crippen LogP contribution in [0.5, 0.6) is 0 Å². The summed E-state index contributed by atoms with van der Waals surface area (Å²) in [6.07, 6.45) is -0.695. The van der Waals surface area contributed by atoms with Crippen molar-refractivity contribution in [1.82, 2.24) is 0 Å². The molecule has 13 heavy (non-hydrogen) atoms. The number of carbonyl (C=O) groups is 1. The molecule has 1 rings (SSSR count). The van der Waals surface area contributed by atoms with E-state index in [-0.39, 0.29) is 9.71 Å². The summed E-state index contributed by atoms with van der Waals surface area (Å²) in [5.41, 5.74) is 0.789. The summed E-state index contributed by atoms with van der Waals surface area (Å²) < 4.78 is -0.361.